The molecule has 102 valence electrons. The highest BCUT2D eigenvalue weighted by Crippen LogP contribution is 2.13. The lowest BCUT2D eigenvalue weighted by Crippen LogP contribution is -2.42. The lowest BCUT2D eigenvalue weighted by molar-refractivity contribution is 0.177. The minimum Gasteiger partial charge on any atom is -0.454 e. The Bertz CT molecular complexity index is 362. The van der Waals surface area contributed by atoms with Crippen molar-refractivity contribution in [3.63, 3.8) is 0 Å². The molecule has 0 aliphatic rings. The van der Waals surface area contributed by atoms with Gasteiger partial charge in [-0.2, -0.15) is 0 Å². The van der Waals surface area contributed by atoms with E-state index in [1.165, 1.54) is 0 Å². The molecule has 0 aromatic carbocycles. The summed E-state index contributed by atoms with van der Waals surface area (Å²) in [7, 11) is 0. The van der Waals surface area contributed by atoms with Crippen molar-refractivity contribution < 1.29 is 14.3 Å². The van der Waals surface area contributed by atoms with Crippen molar-refractivity contribution in [2.45, 2.75) is 19.8 Å². The number of rotatable bonds is 7. The summed E-state index contributed by atoms with van der Waals surface area (Å²) in [5.74, 6) is 0.825. The highest BCUT2D eigenvalue weighted by atomic mass is 79.9. The first-order chi connectivity index (χ1) is 8.67. The van der Waals surface area contributed by atoms with Crippen molar-refractivity contribution in [1.29, 1.82) is 0 Å². The van der Waals surface area contributed by atoms with Crippen molar-refractivity contribution >= 4 is 22.0 Å². The molecule has 5 nitrogen and oxygen atoms in total. The molecule has 1 rings (SSSR count). The van der Waals surface area contributed by atoms with Crippen molar-refractivity contribution in [3.05, 3.63) is 22.6 Å². The monoisotopic (exact) mass is 318 g/mol. The summed E-state index contributed by atoms with van der Waals surface area (Å²) in [6.45, 7) is 3.52. The Hall–Kier alpha value is -1.01. The normalized spacial score (nSPS) is 10.4. The van der Waals surface area contributed by atoms with E-state index < -0.39 is 0 Å². The van der Waals surface area contributed by atoms with E-state index in [-0.39, 0.29) is 12.6 Å². The summed E-state index contributed by atoms with van der Waals surface area (Å²) in [5.41, 5.74) is 0. The van der Waals surface area contributed by atoms with E-state index in [1.807, 2.05) is 19.1 Å². The fraction of sp³-hybridized carbons (Fsp3) is 0.583. The van der Waals surface area contributed by atoms with Crippen LogP contribution in [0.2, 0.25) is 0 Å². The smallest absolute Gasteiger partial charge is 0.317 e. The third kappa shape index (κ3) is 5.10. The second-order valence-corrected chi connectivity index (χ2v) is 4.68. The zero-order valence-electron chi connectivity index (χ0n) is 10.5. The van der Waals surface area contributed by atoms with Crippen LogP contribution >= 0.6 is 15.9 Å². The van der Waals surface area contributed by atoms with Crippen molar-refractivity contribution in [1.82, 2.24) is 10.2 Å². The predicted octanol–water partition coefficient (Wildman–Crippen LogP) is 2.00. The van der Waals surface area contributed by atoms with Crippen LogP contribution in [0.25, 0.3) is 0 Å². The number of hydrogen-bond donors (Lipinski definition) is 2. The molecule has 1 heterocycles. The minimum absolute atomic E-state index is 0.0153. The number of carbonyl (C=O) groups is 1. The van der Waals surface area contributed by atoms with Gasteiger partial charge in [-0.25, -0.2) is 4.79 Å². The zero-order chi connectivity index (χ0) is 13.4. The molecule has 0 saturated carbocycles. The lowest BCUT2D eigenvalue weighted by Gasteiger charge is -2.21. The van der Waals surface area contributed by atoms with Gasteiger partial charge in [-0.3, -0.25) is 0 Å². The maximum absolute atomic E-state index is 11.8. The van der Waals surface area contributed by atoms with Crippen molar-refractivity contribution in [2.75, 3.05) is 26.2 Å². The molecular formula is C12H19BrN2O3. The molecule has 0 unspecified atom stereocenters. The molecule has 1 aromatic heterocycles. The summed E-state index contributed by atoms with van der Waals surface area (Å²) in [4.78, 5) is 13.4. The van der Waals surface area contributed by atoms with Crippen LogP contribution in [0.5, 0.6) is 0 Å². The van der Waals surface area contributed by atoms with Gasteiger partial charge in [0.05, 0.1) is 6.61 Å². The SMILES string of the molecule is CCCN(CCO)C(=O)NCCc1ccc(Br)o1. The number of furan rings is 1. The first-order valence-corrected chi connectivity index (χ1v) is 6.84. The quantitative estimate of drug-likeness (QED) is 0.808. The predicted molar refractivity (Wildman–Crippen MR) is 72.5 cm³/mol. The van der Waals surface area contributed by atoms with Crippen LogP contribution in [0, 0.1) is 0 Å². The van der Waals surface area contributed by atoms with Gasteiger partial charge in [0, 0.05) is 26.1 Å². The molecule has 0 saturated heterocycles. The molecule has 0 aliphatic carbocycles. The molecule has 0 radical (unpaired) electrons. The number of nitrogens with one attached hydrogen (secondary N) is 1. The third-order valence-electron chi connectivity index (χ3n) is 2.43. The first kappa shape index (κ1) is 15.0. The third-order valence-corrected chi connectivity index (χ3v) is 2.85. The Kier molecular flexibility index (Phi) is 6.82. The number of amides is 2. The Morgan fingerprint density at radius 2 is 2.28 bits per heavy atom. The van der Waals surface area contributed by atoms with E-state index in [4.69, 9.17) is 9.52 Å². The Morgan fingerprint density at radius 1 is 1.50 bits per heavy atom. The maximum Gasteiger partial charge on any atom is 0.317 e. The summed E-state index contributed by atoms with van der Waals surface area (Å²) >= 11 is 3.23. The standard InChI is InChI=1S/C12H19BrN2O3/c1-2-7-15(8-9-16)12(17)14-6-5-10-3-4-11(13)18-10/h3-4,16H,2,5-9H2,1H3,(H,14,17). The molecule has 0 atom stereocenters. The average Bonchev–Trinajstić information content (AvgIpc) is 2.75. The zero-order valence-corrected chi connectivity index (χ0v) is 12.1. The summed E-state index contributed by atoms with van der Waals surface area (Å²) in [6, 6.07) is 3.55. The summed E-state index contributed by atoms with van der Waals surface area (Å²) < 4.78 is 6.02. The lowest BCUT2D eigenvalue weighted by atomic mass is 10.3. The number of nitrogens with zero attached hydrogens (tertiary/aromatic N) is 1. The summed E-state index contributed by atoms with van der Waals surface area (Å²) in [5, 5.41) is 11.7. The summed E-state index contributed by atoms with van der Waals surface area (Å²) in [6.07, 6.45) is 1.52. The van der Waals surface area contributed by atoms with E-state index in [9.17, 15) is 4.79 Å². The van der Waals surface area contributed by atoms with Crippen LogP contribution in [0.1, 0.15) is 19.1 Å². The second-order valence-electron chi connectivity index (χ2n) is 3.90. The molecule has 0 spiro atoms. The van der Waals surface area contributed by atoms with Crippen LogP contribution in [-0.2, 0) is 6.42 Å². The van der Waals surface area contributed by atoms with E-state index in [1.54, 1.807) is 4.90 Å². The molecule has 2 N–H and O–H groups in total. The number of hydrogen-bond acceptors (Lipinski definition) is 3. The van der Waals surface area contributed by atoms with E-state index in [0.29, 0.717) is 30.7 Å². The fourth-order valence-corrected chi connectivity index (χ4v) is 1.94. The number of urea groups is 1. The molecule has 6 heteroatoms. The van der Waals surface area contributed by atoms with Crippen LogP contribution in [-0.4, -0.2) is 42.3 Å². The van der Waals surface area contributed by atoms with Gasteiger partial charge in [-0.15, -0.1) is 0 Å². The maximum atomic E-state index is 11.8. The van der Waals surface area contributed by atoms with Gasteiger partial charge in [0.15, 0.2) is 4.67 Å². The van der Waals surface area contributed by atoms with Gasteiger partial charge in [-0.05, 0) is 34.5 Å². The van der Waals surface area contributed by atoms with Gasteiger partial charge in [0.25, 0.3) is 0 Å². The van der Waals surface area contributed by atoms with Crippen molar-refractivity contribution in [3.8, 4) is 0 Å². The van der Waals surface area contributed by atoms with Crippen LogP contribution in [0.4, 0.5) is 4.79 Å². The van der Waals surface area contributed by atoms with E-state index >= 15 is 0 Å². The Morgan fingerprint density at radius 3 is 2.83 bits per heavy atom. The van der Waals surface area contributed by atoms with E-state index in [0.717, 1.165) is 12.2 Å². The van der Waals surface area contributed by atoms with Gasteiger partial charge in [0.1, 0.15) is 5.76 Å². The average molecular weight is 319 g/mol. The van der Waals surface area contributed by atoms with Crippen LogP contribution < -0.4 is 5.32 Å². The molecule has 2 amide bonds. The molecule has 0 bridgehead atoms. The van der Waals surface area contributed by atoms with Gasteiger partial charge in [-0.1, -0.05) is 6.92 Å². The molecule has 0 fully saturated rings. The second kappa shape index (κ2) is 8.16. The van der Waals surface area contributed by atoms with Gasteiger partial charge < -0.3 is 19.7 Å². The largest absolute Gasteiger partial charge is 0.454 e. The number of halogens is 1. The van der Waals surface area contributed by atoms with Gasteiger partial charge >= 0.3 is 6.03 Å². The highest BCUT2D eigenvalue weighted by molar-refractivity contribution is 9.10. The minimum atomic E-state index is -0.142. The molecule has 1 aromatic rings. The topological polar surface area (TPSA) is 65.7 Å². The molecule has 18 heavy (non-hydrogen) atoms. The highest BCUT2D eigenvalue weighted by Gasteiger charge is 2.11. The van der Waals surface area contributed by atoms with Crippen LogP contribution in [0.15, 0.2) is 21.2 Å². The number of aliphatic hydroxyl groups is 1. The number of aliphatic hydroxyl groups excluding tert-OH is 1. The van der Waals surface area contributed by atoms with E-state index in [2.05, 4.69) is 21.2 Å². The Labute approximate surface area is 115 Å². The van der Waals surface area contributed by atoms with Crippen molar-refractivity contribution in [2.24, 2.45) is 0 Å². The van der Waals surface area contributed by atoms with Crippen LogP contribution in [0.3, 0.4) is 0 Å². The molecular weight excluding hydrogens is 300 g/mol. The molecule has 0 aliphatic heterocycles. The van der Waals surface area contributed by atoms with Gasteiger partial charge in [0.2, 0.25) is 0 Å². The Balaban J connectivity index is 2.30. The number of carbonyl (C=O) groups excluding carboxylic acids is 1. The first-order valence-electron chi connectivity index (χ1n) is 6.05. The fourth-order valence-electron chi connectivity index (χ4n) is 1.60.